The lowest BCUT2D eigenvalue weighted by Crippen LogP contribution is -2.56. The normalized spacial score (nSPS) is 13.2. The second-order valence-corrected chi connectivity index (χ2v) is 11.4. The zero-order valence-corrected chi connectivity index (χ0v) is 25.0. The first-order chi connectivity index (χ1) is 19.9. The van der Waals surface area contributed by atoms with Crippen LogP contribution in [-0.4, -0.2) is 80.7 Å². The standard InChI is InChI=1S/C28H39N5O8S/c1-28(2,3)41-27(39)33-21(12-13-42-4)25(36)31-20(10-11-23(34)40-16-18-8-6-5-7-9-18)24(35)32-22(26(37)38)14-19-15-29-17-30-19/h5-9,15,17,20-22H,10-14,16H2,1-4H3,(H,29,30)(H,31,36)(H,32,35)(H,33,39)(H,37,38)/t20-,21-,22-/m0/s1. The van der Waals surface area contributed by atoms with Gasteiger partial charge in [-0.3, -0.25) is 14.4 Å². The minimum atomic E-state index is -1.34. The van der Waals surface area contributed by atoms with Crippen molar-refractivity contribution in [2.75, 3.05) is 12.0 Å². The van der Waals surface area contributed by atoms with Crippen LogP contribution in [0.25, 0.3) is 0 Å². The minimum Gasteiger partial charge on any atom is -0.480 e. The number of rotatable bonds is 16. The Morgan fingerprint density at radius 3 is 2.19 bits per heavy atom. The number of aromatic amines is 1. The molecule has 0 spiro atoms. The Balaban J connectivity index is 2.15. The van der Waals surface area contributed by atoms with Crippen molar-refractivity contribution in [3.05, 3.63) is 54.1 Å². The first kappa shape index (κ1) is 34.1. The molecule has 0 aliphatic heterocycles. The smallest absolute Gasteiger partial charge is 0.408 e. The summed E-state index contributed by atoms with van der Waals surface area (Å²) in [4.78, 5) is 69.9. The molecular formula is C28H39N5O8S. The molecule has 0 saturated carbocycles. The molecular weight excluding hydrogens is 566 g/mol. The molecule has 42 heavy (non-hydrogen) atoms. The Morgan fingerprint density at radius 1 is 0.976 bits per heavy atom. The number of nitrogens with zero attached hydrogens (tertiary/aromatic N) is 1. The minimum absolute atomic E-state index is 0.0325. The number of H-pyrrole nitrogens is 1. The van der Waals surface area contributed by atoms with E-state index in [2.05, 4.69) is 25.9 Å². The van der Waals surface area contributed by atoms with Crippen molar-refractivity contribution in [3.63, 3.8) is 0 Å². The molecule has 0 fully saturated rings. The number of ether oxygens (including phenoxy) is 2. The quantitative estimate of drug-likeness (QED) is 0.177. The number of imidazole rings is 1. The highest BCUT2D eigenvalue weighted by Gasteiger charge is 2.31. The maximum Gasteiger partial charge on any atom is 0.408 e. The monoisotopic (exact) mass is 605 g/mol. The molecule has 2 aromatic rings. The van der Waals surface area contributed by atoms with Gasteiger partial charge in [0.1, 0.15) is 30.3 Å². The number of carbonyl (C=O) groups excluding carboxylic acids is 4. The summed E-state index contributed by atoms with van der Waals surface area (Å²) in [6.45, 7) is 5.08. The average molecular weight is 606 g/mol. The van der Waals surface area contributed by atoms with Gasteiger partial charge in [0, 0.05) is 24.7 Å². The number of aliphatic carboxylic acids is 1. The first-order valence-corrected chi connectivity index (χ1v) is 14.8. The van der Waals surface area contributed by atoms with Crippen molar-refractivity contribution in [1.29, 1.82) is 0 Å². The number of aromatic nitrogens is 2. The SMILES string of the molecule is CSCC[C@H](NC(=O)OC(C)(C)C)C(=O)N[C@@H](CCC(=O)OCc1ccccc1)C(=O)N[C@@H](Cc1cnc[nH]1)C(=O)O. The molecule has 2 rings (SSSR count). The molecule has 1 heterocycles. The molecule has 1 aromatic carbocycles. The topological polar surface area (TPSA) is 189 Å². The highest BCUT2D eigenvalue weighted by atomic mass is 32.2. The van der Waals surface area contributed by atoms with Gasteiger partial charge in [0.05, 0.1) is 6.33 Å². The van der Waals surface area contributed by atoms with Crippen LogP contribution >= 0.6 is 11.8 Å². The van der Waals surface area contributed by atoms with Crippen molar-refractivity contribution in [1.82, 2.24) is 25.9 Å². The molecule has 1 aromatic heterocycles. The Labute approximate surface area is 248 Å². The predicted molar refractivity (Wildman–Crippen MR) is 155 cm³/mol. The molecule has 3 amide bonds. The third kappa shape index (κ3) is 13.1. The molecule has 0 radical (unpaired) electrons. The van der Waals surface area contributed by atoms with Gasteiger partial charge in [-0.05, 0) is 51.2 Å². The zero-order valence-electron chi connectivity index (χ0n) is 24.2. The zero-order chi connectivity index (χ0) is 31.1. The predicted octanol–water partition coefficient (Wildman–Crippen LogP) is 2.18. The largest absolute Gasteiger partial charge is 0.480 e. The van der Waals surface area contributed by atoms with Crippen molar-refractivity contribution in [3.8, 4) is 0 Å². The van der Waals surface area contributed by atoms with E-state index in [-0.39, 0.29) is 32.3 Å². The summed E-state index contributed by atoms with van der Waals surface area (Å²) < 4.78 is 10.6. The van der Waals surface area contributed by atoms with Crippen LogP contribution < -0.4 is 16.0 Å². The number of thioether (sulfide) groups is 1. The summed E-state index contributed by atoms with van der Waals surface area (Å²) in [7, 11) is 0. The summed E-state index contributed by atoms with van der Waals surface area (Å²) >= 11 is 1.46. The average Bonchev–Trinajstić information content (AvgIpc) is 3.44. The van der Waals surface area contributed by atoms with Crippen LogP contribution in [0.3, 0.4) is 0 Å². The molecule has 230 valence electrons. The number of amides is 3. The lowest BCUT2D eigenvalue weighted by Gasteiger charge is -2.26. The number of esters is 1. The van der Waals surface area contributed by atoms with E-state index < -0.39 is 53.6 Å². The summed E-state index contributed by atoms with van der Waals surface area (Å²) in [5.41, 5.74) is 0.459. The summed E-state index contributed by atoms with van der Waals surface area (Å²) in [6.07, 6.45) is 3.58. The Hall–Kier alpha value is -4.07. The van der Waals surface area contributed by atoms with E-state index in [0.29, 0.717) is 11.4 Å². The molecule has 0 saturated heterocycles. The fraction of sp³-hybridized carbons (Fsp3) is 0.500. The molecule has 0 aliphatic carbocycles. The number of benzene rings is 1. The van der Waals surface area contributed by atoms with Gasteiger partial charge in [0.15, 0.2) is 0 Å². The molecule has 0 bridgehead atoms. The van der Waals surface area contributed by atoms with Crippen molar-refractivity contribution >= 4 is 41.6 Å². The van der Waals surface area contributed by atoms with Crippen molar-refractivity contribution in [2.24, 2.45) is 0 Å². The summed E-state index contributed by atoms with van der Waals surface area (Å²) in [5.74, 6) is -2.89. The fourth-order valence-corrected chi connectivity index (χ4v) is 4.13. The van der Waals surface area contributed by atoms with Gasteiger partial charge in [-0.1, -0.05) is 30.3 Å². The van der Waals surface area contributed by atoms with Crippen LogP contribution in [-0.2, 0) is 41.7 Å². The number of alkyl carbamates (subject to hydrolysis) is 1. The third-order valence-corrected chi connectivity index (χ3v) is 6.37. The lowest BCUT2D eigenvalue weighted by molar-refractivity contribution is -0.146. The molecule has 0 aliphatic rings. The maximum atomic E-state index is 13.3. The van der Waals surface area contributed by atoms with Gasteiger partial charge in [-0.2, -0.15) is 11.8 Å². The highest BCUT2D eigenvalue weighted by Crippen LogP contribution is 2.10. The Morgan fingerprint density at radius 2 is 1.62 bits per heavy atom. The Kier molecular flexibility index (Phi) is 13.8. The summed E-state index contributed by atoms with van der Waals surface area (Å²) in [5, 5.41) is 17.2. The molecule has 3 atom stereocenters. The van der Waals surface area contributed by atoms with E-state index in [4.69, 9.17) is 9.47 Å². The fourth-order valence-electron chi connectivity index (χ4n) is 3.66. The number of nitrogens with one attached hydrogen (secondary N) is 4. The second kappa shape index (κ2) is 17.0. The van der Waals surface area contributed by atoms with E-state index in [1.54, 1.807) is 45.0 Å². The van der Waals surface area contributed by atoms with E-state index in [1.165, 1.54) is 24.3 Å². The van der Waals surface area contributed by atoms with Gasteiger partial charge in [0.2, 0.25) is 11.8 Å². The molecule has 14 heteroatoms. The first-order valence-electron chi connectivity index (χ1n) is 13.4. The second-order valence-electron chi connectivity index (χ2n) is 10.4. The maximum absolute atomic E-state index is 13.3. The lowest BCUT2D eigenvalue weighted by atomic mass is 10.1. The number of carbonyl (C=O) groups is 5. The van der Waals surface area contributed by atoms with E-state index in [9.17, 15) is 29.1 Å². The van der Waals surface area contributed by atoms with Crippen LogP contribution in [0.2, 0.25) is 0 Å². The van der Waals surface area contributed by atoms with E-state index in [0.717, 1.165) is 5.56 Å². The van der Waals surface area contributed by atoms with Crippen LogP contribution in [0.5, 0.6) is 0 Å². The van der Waals surface area contributed by atoms with Gasteiger partial charge in [-0.25, -0.2) is 14.6 Å². The van der Waals surface area contributed by atoms with Gasteiger partial charge < -0.3 is 35.5 Å². The van der Waals surface area contributed by atoms with Crippen molar-refractivity contribution in [2.45, 2.75) is 76.8 Å². The van der Waals surface area contributed by atoms with E-state index in [1.807, 2.05) is 12.3 Å². The van der Waals surface area contributed by atoms with Gasteiger partial charge >= 0.3 is 18.0 Å². The third-order valence-electron chi connectivity index (χ3n) is 5.72. The number of hydrogen-bond donors (Lipinski definition) is 5. The van der Waals surface area contributed by atoms with Crippen LogP contribution in [0.15, 0.2) is 42.9 Å². The molecule has 5 N–H and O–H groups in total. The summed E-state index contributed by atoms with van der Waals surface area (Å²) in [6, 6.07) is 5.34. The van der Waals surface area contributed by atoms with Crippen LogP contribution in [0.1, 0.15) is 51.3 Å². The number of carboxylic acids is 1. The van der Waals surface area contributed by atoms with Crippen LogP contribution in [0.4, 0.5) is 4.79 Å². The number of carboxylic acid groups (broad SMARTS) is 1. The van der Waals surface area contributed by atoms with Crippen LogP contribution in [0, 0.1) is 0 Å². The molecule has 0 unspecified atom stereocenters. The van der Waals surface area contributed by atoms with E-state index >= 15 is 0 Å². The highest BCUT2D eigenvalue weighted by molar-refractivity contribution is 7.98. The van der Waals surface area contributed by atoms with Gasteiger partial charge in [0.25, 0.3) is 0 Å². The Bertz CT molecular complexity index is 1170. The van der Waals surface area contributed by atoms with Gasteiger partial charge in [-0.15, -0.1) is 0 Å². The van der Waals surface area contributed by atoms with Crippen molar-refractivity contribution < 1.29 is 38.6 Å². The number of hydrogen-bond acceptors (Lipinski definition) is 9. The molecule has 13 nitrogen and oxygen atoms in total.